The number of rotatable bonds is 9. The molecule has 0 radical (unpaired) electrons. The van der Waals surface area contributed by atoms with Gasteiger partial charge in [0.05, 0.1) is 17.1 Å². The standard InChI is InChI=1S/C23H31N3O7S2/c1-34(28,29)21-5-2-4-20(12-21)32-17-19(27)14-25-18-13-23(33-16-18)7-10-26(11-8-23)35(30,31)22-6-3-9-24-15-22/h2-6,9,12,15,18-19,25,27H,7-8,10-11,13-14,16-17H2,1H3/t18?,19-/m0/s1. The van der Waals surface area contributed by atoms with E-state index in [1.54, 1.807) is 30.5 Å². The van der Waals surface area contributed by atoms with Crippen LogP contribution in [0, 0.1) is 0 Å². The second-order valence-electron chi connectivity index (χ2n) is 9.11. The highest BCUT2D eigenvalue weighted by atomic mass is 32.2. The van der Waals surface area contributed by atoms with Crippen LogP contribution in [0.3, 0.4) is 0 Å². The molecule has 0 saturated carbocycles. The van der Waals surface area contributed by atoms with Crippen LogP contribution in [-0.2, 0) is 24.6 Å². The topological polar surface area (TPSA) is 135 Å². The van der Waals surface area contributed by atoms with Crippen LogP contribution in [0.15, 0.2) is 58.6 Å². The number of sulfonamides is 1. The van der Waals surface area contributed by atoms with Crippen LogP contribution in [0.4, 0.5) is 0 Å². The lowest BCUT2D eigenvalue weighted by molar-refractivity contribution is -0.0312. The van der Waals surface area contributed by atoms with Crippen molar-refractivity contribution >= 4 is 19.9 Å². The molecular weight excluding hydrogens is 494 g/mol. The van der Waals surface area contributed by atoms with Gasteiger partial charge in [-0.05, 0) is 49.6 Å². The van der Waals surface area contributed by atoms with E-state index in [-0.39, 0.29) is 34.6 Å². The quantitative estimate of drug-likeness (QED) is 0.488. The van der Waals surface area contributed by atoms with E-state index in [9.17, 15) is 21.9 Å². The van der Waals surface area contributed by atoms with Crippen LogP contribution in [0.25, 0.3) is 0 Å². The Hall–Kier alpha value is -2.09. The second kappa shape index (κ2) is 10.5. The number of nitrogens with zero attached hydrogens (tertiary/aromatic N) is 2. The number of aromatic nitrogens is 1. The average molecular weight is 526 g/mol. The number of nitrogens with one attached hydrogen (secondary N) is 1. The van der Waals surface area contributed by atoms with Crippen molar-refractivity contribution in [3.05, 3.63) is 48.8 Å². The van der Waals surface area contributed by atoms with E-state index in [2.05, 4.69) is 10.3 Å². The maximum atomic E-state index is 12.8. The van der Waals surface area contributed by atoms with E-state index in [1.807, 2.05) is 0 Å². The fourth-order valence-electron chi connectivity index (χ4n) is 4.46. The zero-order valence-electron chi connectivity index (χ0n) is 19.5. The molecule has 0 amide bonds. The van der Waals surface area contributed by atoms with Crippen molar-refractivity contribution in [3.63, 3.8) is 0 Å². The van der Waals surface area contributed by atoms with Crippen molar-refractivity contribution in [1.82, 2.24) is 14.6 Å². The van der Waals surface area contributed by atoms with Gasteiger partial charge in [-0.2, -0.15) is 4.31 Å². The Bertz CT molecular complexity index is 1210. The third-order valence-electron chi connectivity index (χ3n) is 6.43. The second-order valence-corrected chi connectivity index (χ2v) is 13.1. The summed E-state index contributed by atoms with van der Waals surface area (Å²) >= 11 is 0. The normalized spacial score (nSPS) is 21.7. The van der Waals surface area contributed by atoms with Gasteiger partial charge in [0.2, 0.25) is 10.0 Å². The van der Waals surface area contributed by atoms with Crippen molar-refractivity contribution in [3.8, 4) is 5.75 Å². The fourth-order valence-corrected chi connectivity index (χ4v) is 6.52. The molecule has 0 aliphatic carbocycles. The zero-order valence-corrected chi connectivity index (χ0v) is 21.2. The van der Waals surface area contributed by atoms with Crippen LogP contribution in [0.1, 0.15) is 19.3 Å². The van der Waals surface area contributed by atoms with Gasteiger partial charge in [0.25, 0.3) is 0 Å². The fraction of sp³-hybridized carbons (Fsp3) is 0.522. The Morgan fingerprint density at radius 2 is 1.94 bits per heavy atom. The van der Waals surface area contributed by atoms with Crippen LogP contribution in [0.5, 0.6) is 5.75 Å². The van der Waals surface area contributed by atoms with E-state index in [0.29, 0.717) is 38.3 Å². The molecule has 1 aromatic carbocycles. The summed E-state index contributed by atoms with van der Waals surface area (Å²) in [6, 6.07) is 9.37. The molecule has 1 spiro atoms. The van der Waals surface area contributed by atoms with Gasteiger partial charge >= 0.3 is 0 Å². The Labute approximate surface area is 206 Å². The van der Waals surface area contributed by atoms with Crippen LogP contribution >= 0.6 is 0 Å². The minimum atomic E-state index is -3.56. The third-order valence-corrected chi connectivity index (χ3v) is 9.43. The summed E-state index contributed by atoms with van der Waals surface area (Å²) in [5.74, 6) is 0.378. The number of aliphatic hydroxyl groups is 1. The van der Waals surface area contributed by atoms with Gasteiger partial charge in [-0.25, -0.2) is 16.8 Å². The molecule has 35 heavy (non-hydrogen) atoms. The van der Waals surface area contributed by atoms with Gasteiger partial charge < -0.3 is 19.9 Å². The molecule has 4 rings (SSSR count). The van der Waals surface area contributed by atoms with E-state index in [4.69, 9.17) is 9.47 Å². The molecule has 12 heteroatoms. The monoisotopic (exact) mass is 525 g/mol. The molecule has 10 nitrogen and oxygen atoms in total. The molecule has 1 aromatic heterocycles. The molecule has 1 unspecified atom stereocenters. The maximum Gasteiger partial charge on any atom is 0.244 e. The molecule has 2 saturated heterocycles. The molecule has 0 bridgehead atoms. The number of benzene rings is 1. The summed E-state index contributed by atoms with van der Waals surface area (Å²) in [6.07, 6.45) is 5.19. The highest BCUT2D eigenvalue weighted by Crippen LogP contribution is 2.37. The van der Waals surface area contributed by atoms with Crippen molar-refractivity contribution in [2.24, 2.45) is 0 Å². The molecule has 2 aliphatic heterocycles. The summed E-state index contributed by atoms with van der Waals surface area (Å²) in [5, 5.41) is 13.6. The lowest BCUT2D eigenvalue weighted by atomic mass is 9.88. The highest BCUT2D eigenvalue weighted by Gasteiger charge is 2.44. The molecule has 3 heterocycles. The van der Waals surface area contributed by atoms with Crippen LogP contribution in [-0.4, -0.2) is 88.1 Å². The largest absolute Gasteiger partial charge is 0.491 e. The Kier molecular flexibility index (Phi) is 7.79. The summed E-state index contributed by atoms with van der Waals surface area (Å²) in [7, 11) is -6.90. The van der Waals surface area contributed by atoms with Crippen molar-refractivity contribution in [2.75, 3.05) is 39.1 Å². The minimum absolute atomic E-state index is 0.0140. The average Bonchev–Trinajstić information content (AvgIpc) is 3.24. The molecular formula is C23H31N3O7S2. The molecule has 2 atom stereocenters. The summed E-state index contributed by atoms with van der Waals surface area (Å²) < 4.78 is 62.1. The van der Waals surface area contributed by atoms with E-state index < -0.39 is 26.0 Å². The molecule has 2 aromatic rings. The van der Waals surface area contributed by atoms with E-state index in [1.165, 1.54) is 22.6 Å². The molecule has 2 N–H and O–H groups in total. The Morgan fingerprint density at radius 1 is 1.20 bits per heavy atom. The first-order valence-corrected chi connectivity index (χ1v) is 14.8. The van der Waals surface area contributed by atoms with Crippen molar-refractivity contribution in [1.29, 1.82) is 0 Å². The Morgan fingerprint density at radius 3 is 2.63 bits per heavy atom. The van der Waals surface area contributed by atoms with Gasteiger partial charge in [-0.1, -0.05) is 6.07 Å². The highest BCUT2D eigenvalue weighted by molar-refractivity contribution is 7.90. The number of aliphatic hydroxyl groups excluding tert-OH is 1. The van der Waals surface area contributed by atoms with Crippen LogP contribution in [0.2, 0.25) is 0 Å². The molecule has 2 aliphatic rings. The smallest absolute Gasteiger partial charge is 0.244 e. The number of ether oxygens (including phenoxy) is 2. The lowest BCUT2D eigenvalue weighted by Crippen LogP contribution is -2.47. The predicted molar refractivity (Wildman–Crippen MR) is 128 cm³/mol. The summed E-state index contributed by atoms with van der Waals surface area (Å²) in [5.41, 5.74) is -0.369. The number of hydrogen-bond acceptors (Lipinski definition) is 9. The van der Waals surface area contributed by atoms with Crippen molar-refractivity contribution in [2.45, 2.75) is 46.8 Å². The SMILES string of the molecule is CS(=O)(=O)c1cccc(OC[C@@H](O)CNC2COC3(CCN(S(=O)(=O)c4cccnc4)CC3)C2)c1. The first kappa shape index (κ1) is 26.0. The Balaban J connectivity index is 1.22. The number of hydrogen-bond donors (Lipinski definition) is 2. The number of pyridine rings is 1. The molecule has 192 valence electrons. The van der Waals surface area contributed by atoms with Gasteiger partial charge in [-0.3, -0.25) is 4.98 Å². The molecule has 2 fully saturated rings. The van der Waals surface area contributed by atoms with Crippen LogP contribution < -0.4 is 10.1 Å². The maximum absolute atomic E-state index is 12.8. The van der Waals surface area contributed by atoms with Gasteiger partial charge in [-0.15, -0.1) is 0 Å². The predicted octanol–water partition coefficient (Wildman–Crippen LogP) is 0.827. The summed E-state index contributed by atoms with van der Waals surface area (Å²) in [4.78, 5) is 4.27. The minimum Gasteiger partial charge on any atom is -0.491 e. The first-order chi connectivity index (χ1) is 16.6. The number of sulfone groups is 1. The van der Waals surface area contributed by atoms with E-state index >= 15 is 0 Å². The van der Waals surface area contributed by atoms with Gasteiger partial charge in [0.1, 0.15) is 23.4 Å². The first-order valence-electron chi connectivity index (χ1n) is 11.5. The van der Waals surface area contributed by atoms with Gasteiger partial charge in [0, 0.05) is 44.3 Å². The summed E-state index contributed by atoms with van der Waals surface area (Å²) in [6.45, 7) is 1.55. The van der Waals surface area contributed by atoms with Crippen molar-refractivity contribution < 1.29 is 31.4 Å². The number of piperidine rings is 1. The van der Waals surface area contributed by atoms with E-state index in [0.717, 1.165) is 12.7 Å². The zero-order chi connectivity index (χ0) is 25.1. The van der Waals surface area contributed by atoms with Gasteiger partial charge in [0.15, 0.2) is 9.84 Å². The third kappa shape index (κ3) is 6.38. The lowest BCUT2D eigenvalue weighted by Gasteiger charge is -2.38.